The lowest BCUT2D eigenvalue weighted by Crippen LogP contribution is -2.28. The quantitative estimate of drug-likeness (QED) is 0.264. The molecule has 0 atom stereocenters. The summed E-state index contributed by atoms with van der Waals surface area (Å²) in [4.78, 5) is 33.3. The molecule has 5 nitrogen and oxygen atoms in total. The zero-order valence-corrected chi connectivity index (χ0v) is 19.6. The Morgan fingerprint density at radius 1 is 1.13 bits per heavy atom. The molecule has 2 aromatic carbocycles. The number of thiophene rings is 1. The monoisotopic (exact) mass is 489 g/mol. The number of hydrogen-bond acceptors (Lipinski definition) is 5. The summed E-state index contributed by atoms with van der Waals surface area (Å²) in [5, 5.41) is 1.45. The maximum Gasteiger partial charge on any atom is 0.266 e. The van der Waals surface area contributed by atoms with Gasteiger partial charge < -0.3 is 4.90 Å². The summed E-state index contributed by atoms with van der Waals surface area (Å²) in [7, 11) is 1.74. The lowest BCUT2D eigenvalue weighted by molar-refractivity contribution is -0.127. The Hall–Kier alpha value is -2.32. The first-order valence-electron chi connectivity index (χ1n) is 9.31. The van der Waals surface area contributed by atoms with E-state index in [1.54, 1.807) is 54.4 Å². The molecule has 0 fully saturated rings. The van der Waals surface area contributed by atoms with E-state index in [9.17, 15) is 9.59 Å². The molecule has 2 heterocycles. The number of para-hydroxylation sites is 1. The van der Waals surface area contributed by atoms with Crippen molar-refractivity contribution in [3.8, 4) is 5.69 Å². The van der Waals surface area contributed by atoms with Crippen molar-refractivity contribution in [1.82, 2.24) is 14.5 Å². The van der Waals surface area contributed by atoms with E-state index in [2.05, 4.69) is 4.98 Å². The minimum Gasteiger partial charge on any atom is -0.340 e. The number of hydrogen-bond donors (Lipinski definition) is 0. The number of fused-ring (bicyclic) bond motifs is 1. The standard InChI is InChI=1S/C22H17Cl2N3O2S2/c1-26(12-16-9-10-19(24)31-16)20(28)13-30-22-25-18-8-3-2-7-17(18)21(29)27(22)15-6-4-5-14(23)11-15/h2-11H,12-13H2,1H3. The predicted molar refractivity (Wildman–Crippen MR) is 129 cm³/mol. The van der Waals surface area contributed by atoms with Gasteiger partial charge >= 0.3 is 0 Å². The molecule has 31 heavy (non-hydrogen) atoms. The summed E-state index contributed by atoms with van der Waals surface area (Å²) < 4.78 is 2.20. The molecule has 0 N–H and O–H groups in total. The Morgan fingerprint density at radius 2 is 1.94 bits per heavy atom. The van der Waals surface area contributed by atoms with Crippen molar-refractivity contribution in [2.45, 2.75) is 11.7 Å². The highest BCUT2D eigenvalue weighted by Crippen LogP contribution is 2.25. The first kappa shape index (κ1) is 21.9. The maximum absolute atomic E-state index is 13.2. The van der Waals surface area contributed by atoms with E-state index in [1.165, 1.54) is 27.7 Å². The Labute approximate surface area is 197 Å². The third kappa shape index (κ3) is 4.96. The highest BCUT2D eigenvalue weighted by molar-refractivity contribution is 7.99. The summed E-state index contributed by atoms with van der Waals surface area (Å²) >= 11 is 14.8. The smallest absolute Gasteiger partial charge is 0.266 e. The SMILES string of the molecule is CN(Cc1ccc(Cl)s1)C(=O)CSc1nc2ccccc2c(=O)n1-c1cccc(Cl)c1. The first-order valence-corrected chi connectivity index (χ1v) is 11.9. The second-order valence-corrected chi connectivity index (χ2v) is 9.95. The second kappa shape index (κ2) is 9.44. The normalized spacial score (nSPS) is 11.1. The van der Waals surface area contributed by atoms with E-state index in [1.807, 2.05) is 18.2 Å². The van der Waals surface area contributed by atoms with Crippen LogP contribution in [0.5, 0.6) is 0 Å². The van der Waals surface area contributed by atoms with E-state index in [0.717, 1.165) is 4.88 Å². The van der Waals surface area contributed by atoms with Crippen molar-refractivity contribution in [3.63, 3.8) is 0 Å². The molecule has 9 heteroatoms. The van der Waals surface area contributed by atoms with Crippen LogP contribution in [0.25, 0.3) is 16.6 Å². The first-order chi connectivity index (χ1) is 14.9. The number of benzene rings is 2. The molecule has 0 saturated heterocycles. The van der Waals surface area contributed by atoms with E-state index in [-0.39, 0.29) is 17.2 Å². The highest BCUT2D eigenvalue weighted by atomic mass is 35.5. The van der Waals surface area contributed by atoms with Gasteiger partial charge in [-0.2, -0.15) is 0 Å². The van der Waals surface area contributed by atoms with Crippen molar-refractivity contribution in [2.75, 3.05) is 12.8 Å². The van der Waals surface area contributed by atoms with Gasteiger partial charge in [-0.05, 0) is 42.5 Å². The average molecular weight is 490 g/mol. The van der Waals surface area contributed by atoms with Gasteiger partial charge in [-0.1, -0.05) is 53.2 Å². The summed E-state index contributed by atoms with van der Waals surface area (Å²) in [6.45, 7) is 0.475. The summed E-state index contributed by atoms with van der Waals surface area (Å²) in [6.07, 6.45) is 0. The zero-order chi connectivity index (χ0) is 22.0. The zero-order valence-electron chi connectivity index (χ0n) is 16.4. The van der Waals surface area contributed by atoms with Crippen LogP contribution >= 0.6 is 46.3 Å². The minimum atomic E-state index is -0.204. The largest absolute Gasteiger partial charge is 0.340 e. The molecule has 158 valence electrons. The van der Waals surface area contributed by atoms with Crippen LogP contribution in [-0.2, 0) is 11.3 Å². The number of halogens is 2. The van der Waals surface area contributed by atoms with Crippen molar-refractivity contribution in [2.24, 2.45) is 0 Å². The molecule has 4 aromatic rings. The number of carbonyl (C=O) groups is 1. The van der Waals surface area contributed by atoms with Crippen LogP contribution in [0.15, 0.2) is 70.6 Å². The summed E-state index contributed by atoms with van der Waals surface area (Å²) in [5.74, 6) is 0.0654. The Bertz CT molecular complexity index is 1320. The van der Waals surface area contributed by atoms with Gasteiger partial charge in [0.1, 0.15) is 0 Å². The van der Waals surface area contributed by atoms with Crippen molar-refractivity contribution in [1.29, 1.82) is 0 Å². The van der Waals surface area contributed by atoms with Gasteiger partial charge in [0.2, 0.25) is 5.91 Å². The fourth-order valence-corrected chi connectivity index (χ4v) is 5.33. The Morgan fingerprint density at radius 3 is 2.68 bits per heavy atom. The van der Waals surface area contributed by atoms with Gasteiger partial charge in [0.05, 0.1) is 33.2 Å². The molecule has 0 aliphatic carbocycles. The second-order valence-electron chi connectivity index (χ2n) is 6.78. The fraction of sp³-hybridized carbons (Fsp3) is 0.136. The lowest BCUT2D eigenvalue weighted by Gasteiger charge is -2.17. The molecule has 0 aliphatic heterocycles. The van der Waals surface area contributed by atoms with Crippen LogP contribution in [0.2, 0.25) is 9.36 Å². The molecule has 0 spiro atoms. The molecule has 0 aliphatic rings. The van der Waals surface area contributed by atoms with Crippen LogP contribution in [0.1, 0.15) is 4.88 Å². The number of nitrogens with zero attached hydrogens (tertiary/aromatic N) is 3. The van der Waals surface area contributed by atoms with Gasteiger partial charge in [0.15, 0.2) is 5.16 Å². The maximum atomic E-state index is 13.2. The molecule has 0 saturated carbocycles. The van der Waals surface area contributed by atoms with Gasteiger partial charge in [0.25, 0.3) is 5.56 Å². The predicted octanol–water partition coefficient (Wildman–Crippen LogP) is 5.50. The molecular formula is C22H17Cl2N3O2S2. The molecule has 1 amide bonds. The van der Waals surface area contributed by atoms with Gasteiger partial charge in [-0.3, -0.25) is 14.2 Å². The van der Waals surface area contributed by atoms with E-state index in [0.29, 0.717) is 37.7 Å². The molecule has 0 radical (unpaired) electrons. The topological polar surface area (TPSA) is 55.2 Å². The summed E-state index contributed by atoms with van der Waals surface area (Å²) in [5.41, 5.74) is 0.985. The van der Waals surface area contributed by atoms with Crippen LogP contribution in [0.3, 0.4) is 0 Å². The molecule has 0 unspecified atom stereocenters. The van der Waals surface area contributed by atoms with Crippen LogP contribution < -0.4 is 5.56 Å². The lowest BCUT2D eigenvalue weighted by atomic mass is 10.2. The third-order valence-electron chi connectivity index (χ3n) is 4.58. The number of amides is 1. The van der Waals surface area contributed by atoms with Crippen molar-refractivity contribution >= 4 is 63.1 Å². The minimum absolute atomic E-state index is 0.0745. The number of thioether (sulfide) groups is 1. The van der Waals surface area contributed by atoms with Crippen molar-refractivity contribution < 1.29 is 4.79 Å². The van der Waals surface area contributed by atoms with E-state index < -0.39 is 0 Å². The van der Waals surface area contributed by atoms with Crippen LogP contribution in [0, 0.1) is 0 Å². The fourth-order valence-electron chi connectivity index (χ4n) is 3.05. The number of aromatic nitrogens is 2. The number of carbonyl (C=O) groups excluding carboxylic acids is 1. The van der Waals surface area contributed by atoms with Gasteiger partial charge in [-0.25, -0.2) is 4.98 Å². The van der Waals surface area contributed by atoms with E-state index >= 15 is 0 Å². The Balaban J connectivity index is 1.64. The third-order valence-corrected chi connectivity index (χ3v) is 6.96. The highest BCUT2D eigenvalue weighted by Gasteiger charge is 2.17. The Kier molecular flexibility index (Phi) is 6.67. The van der Waals surface area contributed by atoms with Gasteiger partial charge in [-0.15, -0.1) is 11.3 Å². The van der Waals surface area contributed by atoms with Crippen molar-refractivity contribution in [3.05, 3.63) is 85.3 Å². The molecule has 2 aromatic heterocycles. The van der Waals surface area contributed by atoms with E-state index in [4.69, 9.17) is 23.2 Å². The summed E-state index contributed by atoms with van der Waals surface area (Å²) in [6, 6.07) is 17.9. The van der Waals surface area contributed by atoms with Crippen LogP contribution in [0.4, 0.5) is 0 Å². The van der Waals surface area contributed by atoms with Gasteiger partial charge in [0, 0.05) is 16.9 Å². The number of rotatable bonds is 6. The molecule has 0 bridgehead atoms. The van der Waals surface area contributed by atoms with Crippen LogP contribution in [-0.4, -0.2) is 33.2 Å². The molecular weight excluding hydrogens is 473 g/mol. The molecule has 4 rings (SSSR count). The average Bonchev–Trinajstić information content (AvgIpc) is 3.16.